The van der Waals surface area contributed by atoms with E-state index in [0.717, 1.165) is 23.5 Å². The van der Waals surface area contributed by atoms with E-state index < -0.39 is 17.7 Å². The van der Waals surface area contributed by atoms with Crippen LogP contribution in [0.3, 0.4) is 0 Å². The van der Waals surface area contributed by atoms with Crippen molar-refractivity contribution in [2.45, 2.75) is 19.4 Å². The molecule has 5 heteroatoms. The molecule has 0 aliphatic rings. The molecule has 0 saturated heterocycles. The van der Waals surface area contributed by atoms with E-state index in [9.17, 15) is 13.9 Å². The van der Waals surface area contributed by atoms with E-state index in [1.807, 2.05) is 13.0 Å². The number of rotatable bonds is 3. The standard InChI is InChI=1S/C13H14F2N2O/c1-8-5-10(17(2)16-8)7-13(18)9-3-4-11(14)12(15)6-9/h3-6,13,18H,7H2,1-2H3. The van der Waals surface area contributed by atoms with Crippen molar-refractivity contribution in [1.29, 1.82) is 0 Å². The monoisotopic (exact) mass is 252 g/mol. The zero-order valence-corrected chi connectivity index (χ0v) is 10.2. The number of halogens is 2. The van der Waals surface area contributed by atoms with E-state index >= 15 is 0 Å². The molecule has 0 saturated carbocycles. The number of aliphatic hydroxyl groups excluding tert-OH is 1. The van der Waals surface area contributed by atoms with Crippen molar-refractivity contribution in [2.24, 2.45) is 7.05 Å². The highest BCUT2D eigenvalue weighted by molar-refractivity contribution is 5.22. The van der Waals surface area contributed by atoms with Crippen LogP contribution in [0.15, 0.2) is 24.3 Å². The first kappa shape index (κ1) is 12.7. The summed E-state index contributed by atoms with van der Waals surface area (Å²) < 4.78 is 27.5. The van der Waals surface area contributed by atoms with Crippen LogP contribution in [0, 0.1) is 18.6 Å². The molecule has 0 spiro atoms. The fourth-order valence-corrected chi connectivity index (χ4v) is 1.89. The molecule has 0 radical (unpaired) electrons. The Kier molecular flexibility index (Phi) is 3.43. The lowest BCUT2D eigenvalue weighted by molar-refractivity contribution is 0.175. The Hall–Kier alpha value is -1.75. The molecule has 1 N–H and O–H groups in total. The summed E-state index contributed by atoms with van der Waals surface area (Å²) >= 11 is 0. The van der Waals surface area contributed by atoms with Crippen LogP contribution < -0.4 is 0 Å². The SMILES string of the molecule is Cc1cc(CC(O)c2ccc(F)c(F)c2)n(C)n1. The summed E-state index contributed by atoms with van der Waals surface area (Å²) in [6, 6.07) is 5.26. The quantitative estimate of drug-likeness (QED) is 0.910. The van der Waals surface area contributed by atoms with Crippen LogP contribution in [0.1, 0.15) is 23.1 Å². The Labute approximate surface area is 104 Å². The van der Waals surface area contributed by atoms with Gasteiger partial charge in [0.15, 0.2) is 11.6 Å². The third kappa shape index (κ3) is 2.56. The van der Waals surface area contributed by atoms with Crippen LogP contribution >= 0.6 is 0 Å². The maximum absolute atomic E-state index is 13.1. The molecular formula is C13H14F2N2O. The second kappa shape index (κ2) is 4.86. The van der Waals surface area contributed by atoms with Crippen LogP contribution in [0.25, 0.3) is 0 Å². The summed E-state index contributed by atoms with van der Waals surface area (Å²) in [5.41, 5.74) is 2.04. The number of hydrogen-bond donors (Lipinski definition) is 1. The lowest BCUT2D eigenvalue weighted by Crippen LogP contribution is -2.07. The van der Waals surface area contributed by atoms with Gasteiger partial charge in [0.1, 0.15) is 0 Å². The van der Waals surface area contributed by atoms with E-state index in [2.05, 4.69) is 5.10 Å². The van der Waals surface area contributed by atoms with Crippen molar-refractivity contribution in [1.82, 2.24) is 9.78 Å². The molecular weight excluding hydrogens is 238 g/mol. The van der Waals surface area contributed by atoms with Crippen molar-refractivity contribution in [2.75, 3.05) is 0 Å². The van der Waals surface area contributed by atoms with Crippen molar-refractivity contribution >= 4 is 0 Å². The summed E-state index contributed by atoms with van der Waals surface area (Å²) in [5.74, 6) is -1.87. The van der Waals surface area contributed by atoms with Gasteiger partial charge < -0.3 is 5.11 Å². The van der Waals surface area contributed by atoms with Crippen LogP contribution in [0.5, 0.6) is 0 Å². The molecule has 2 rings (SSSR count). The van der Waals surface area contributed by atoms with Gasteiger partial charge >= 0.3 is 0 Å². The Morgan fingerprint density at radius 2 is 2.00 bits per heavy atom. The van der Waals surface area contributed by atoms with Gasteiger partial charge in [0.25, 0.3) is 0 Å². The zero-order valence-electron chi connectivity index (χ0n) is 10.2. The zero-order chi connectivity index (χ0) is 13.3. The number of aromatic nitrogens is 2. The third-order valence-corrected chi connectivity index (χ3v) is 2.83. The summed E-state index contributed by atoms with van der Waals surface area (Å²) in [6.07, 6.45) is -0.572. The van der Waals surface area contributed by atoms with Gasteiger partial charge in [-0.05, 0) is 30.7 Å². The minimum absolute atomic E-state index is 0.308. The van der Waals surface area contributed by atoms with Crippen molar-refractivity contribution in [3.05, 3.63) is 52.9 Å². The van der Waals surface area contributed by atoms with Gasteiger partial charge in [0.2, 0.25) is 0 Å². The van der Waals surface area contributed by atoms with Crippen molar-refractivity contribution in [3.8, 4) is 0 Å². The summed E-state index contributed by atoms with van der Waals surface area (Å²) in [6.45, 7) is 1.85. The third-order valence-electron chi connectivity index (χ3n) is 2.83. The molecule has 1 unspecified atom stereocenters. The molecule has 1 heterocycles. The number of nitrogens with zero attached hydrogens (tertiary/aromatic N) is 2. The Morgan fingerprint density at radius 3 is 2.56 bits per heavy atom. The van der Waals surface area contributed by atoms with Crippen LogP contribution in [-0.4, -0.2) is 14.9 Å². The summed E-state index contributed by atoms with van der Waals surface area (Å²) in [7, 11) is 1.78. The van der Waals surface area contributed by atoms with Gasteiger partial charge in [-0.25, -0.2) is 8.78 Å². The van der Waals surface area contributed by atoms with Crippen LogP contribution in [0.4, 0.5) is 8.78 Å². The molecule has 0 aliphatic heterocycles. The number of aliphatic hydroxyl groups is 1. The minimum Gasteiger partial charge on any atom is -0.388 e. The normalized spacial score (nSPS) is 12.7. The predicted molar refractivity (Wildman–Crippen MR) is 63.0 cm³/mol. The minimum atomic E-state index is -0.951. The summed E-state index contributed by atoms with van der Waals surface area (Å²) in [5, 5.41) is 14.2. The first-order valence-corrected chi connectivity index (χ1v) is 5.60. The van der Waals surface area contributed by atoms with Gasteiger partial charge in [0.05, 0.1) is 11.8 Å². The molecule has 18 heavy (non-hydrogen) atoms. The van der Waals surface area contributed by atoms with Crippen LogP contribution in [-0.2, 0) is 13.5 Å². The highest BCUT2D eigenvalue weighted by Gasteiger charge is 2.14. The van der Waals surface area contributed by atoms with E-state index in [0.29, 0.717) is 12.0 Å². The number of hydrogen-bond acceptors (Lipinski definition) is 2. The average molecular weight is 252 g/mol. The molecule has 0 aliphatic carbocycles. The highest BCUT2D eigenvalue weighted by Crippen LogP contribution is 2.20. The Morgan fingerprint density at radius 1 is 1.28 bits per heavy atom. The predicted octanol–water partition coefficient (Wildman–Crippen LogP) is 2.28. The van der Waals surface area contributed by atoms with E-state index in [1.54, 1.807) is 11.7 Å². The van der Waals surface area contributed by atoms with Gasteiger partial charge in [-0.3, -0.25) is 4.68 Å². The molecule has 96 valence electrons. The number of benzene rings is 1. The summed E-state index contributed by atoms with van der Waals surface area (Å²) in [4.78, 5) is 0. The van der Waals surface area contributed by atoms with E-state index in [4.69, 9.17) is 0 Å². The molecule has 0 amide bonds. The smallest absolute Gasteiger partial charge is 0.159 e. The molecule has 1 aromatic carbocycles. The first-order chi connectivity index (χ1) is 8.47. The van der Waals surface area contributed by atoms with E-state index in [-0.39, 0.29) is 0 Å². The fourth-order valence-electron chi connectivity index (χ4n) is 1.89. The molecule has 1 aromatic heterocycles. The van der Waals surface area contributed by atoms with E-state index in [1.165, 1.54) is 6.07 Å². The highest BCUT2D eigenvalue weighted by atomic mass is 19.2. The van der Waals surface area contributed by atoms with Crippen LogP contribution in [0.2, 0.25) is 0 Å². The largest absolute Gasteiger partial charge is 0.388 e. The molecule has 0 fully saturated rings. The lowest BCUT2D eigenvalue weighted by Gasteiger charge is -2.11. The van der Waals surface area contributed by atoms with Crippen molar-refractivity contribution in [3.63, 3.8) is 0 Å². The Balaban J connectivity index is 2.19. The van der Waals surface area contributed by atoms with Crippen molar-refractivity contribution < 1.29 is 13.9 Å². The maximum Gasteiger partial charge on any atom is 0.159 e. The first-order valence-electron chi connectivity index (χ1n) is 5.60. The molecule has 1 atom stereocenters. The van der Waals surface area contributed by atoms with Gasteiger partial charge in [-0.15, -0.1) is 0 Å². The van der Waals surface area contributed by atoms with Gasteiger partial charge in [-0.2, -0.15) is 5.10 Å². The lowest BCUT2D eigenvalue weighted by atomic mass is 10.0. The average Bonchev–Trinajstić information content (AvgIpc) is 2.61. The Bertz CT molecular complexity index is 566. The maximum atomic E-state index is 13.1. The topological polar surface area (TPSA) is 38.0 Å². The fraction of sp³-hybridized carbons (Fsp3) is 0.308. The number of aryl methyl sites for hydroxylation is 2. The molecule has 3 nitrogen and oxygen atoms in total. The molecule has 0 bridgehead atoms. The second-order valence-electron chi connectivity index (χ2n) is 4.29. The second-order valence-corrected chi connectivity index (χ2v) is 4.29. The van der Waals surface area contributed by atoms with Gasteiger partial charge in [-0.1, -0.05) is 6.07 Å². The van der Waals surface area contributed by atoms with Gasteiger partial charge in [0, 0.05) is 19.2 Å². The molecule has 2 aromatic rings.